The molecule has 0 aliphatic rings. The third-order valence-corrected chi connectivity index (χ3v) is 4.86. The lowest BCUT2D eigenvalue weighted by Crippen LogP contribution is -2.19. The second kappa shape index (κ2) is 6.87. The van der Waals surface area contributed by atoms with E-state index in [9.17, 15) is 13.2 Å². The summed E-state index contributed by atoms with van der Waals surface area (Å²) in [6, 6.07) is 11.5. The Kier molecular flexibility index (Phi) is 4.80. The van der Waals surface area contributed by atoms with E-state index in [1.54, 1.807) is 42.5 Å². The minimum Gasteiger partial charge on any atom is -0.308 e. The van der Waals surface area contributed by atoms with Crippen molar-refractivity contribution < 1.29 is 13.2 Å². The summed E-state index contributed by atoms with van der Waals surface area (Å²) in [6.07, 6.45) is 1.06. The fourth-order valence-electron chi connectivity index (χ4n) is 2.06. The zero-order chi connectivity index (χ0) is 18.0. The van der Waals surface area contributed by atoms with Crippen molar-refractivity contribution in [3.63, 3.8) is 0 Å². The molecule has 3 N–H and O–H groups in total. The van der Waals surface area contributed by atoms with Crippen molar-refractivity contribution in [1.29, 1.82) is 0 Å². The molecule has 0 saturated heterocycles. The third kappa shape index (κ3) is 4.81. The average molecular weight is 397 g/mol. The van der Waals surface area contributed by atoms with Crippen LogP contribution in [0.4, 0.5) is 21.3 Å². The maximum absolute atomic E-state index is 12.1. The van der Waals surface area contributed by atoms with Crippen molar-refractivity contribution in [1.82, 2.24) is 4.98 Å². The molecule has 0 spiro atoms. The van der Waals surface area contributed by atoms with E-state index >= 15 is 0 Å². The lowest BCUT2D eigenvalue weighted by atomic mass is 10.3. The Bertz CT molecular complexity index is 1050. The summed E-state index contributed by atoms with van der Waals surface area (Å²) < 4.78 is 25.6. The van der Waals surface area contributed by atoms with Crippen LogP contribution >= 0.6 is 22.9 Å². The van der Waals surface area contributed by atoms with Crippen LogP contribution in [0.2, 0.25) is 5.02 Å². The molecule has 7 nitrogen and oxygen atoms in total. The van der Waals surface area contributed by atoms with E-state index in [0.717, 1.165) is 11.0 Å². The molecule has 0 aliphatic heterocycles. The number of urea groups is 1. The van der Waals surface area contributed by atoms with Gasteiger partial charge in [-0.3, -0.25) is 4.72 Å². The van der Waals surface area contributed by atoms with Crippen LogP contribution in [0.5, 0.6) is 0 Å². The maximum atomic E-state index is 12.1. The summed E-state index contributed by atoms with van der Waals surface area (Å²) in [7, 11) is -3.38. The largest absolute Gasteiger partial charge is 0.323 e. The van der Waals surface area contributed by atoms with Gasteiger partial charge in [0, 0.05) is 16.4 Å². The van der Waals surface area contributed by atoms with Gasteiger partial charge in [-0.05, 0) is 36.4 Å². The standard InChI is InChI=1S/C15H13ClN4O3S2/c1-25(22,23)20-15-19-12-6-5-11(8-13(12)24-15)18-14(21)17-10-4-2-3-9(16)7-10/h2-8H,1H3,(H,19,20)(H2,17,18,21). The maximum Gasteiger partial charge on any atom is 0.323 e. The van der Waals surface area contributed by atoms with Crippen LogP contribution in [-0.4, -0.2) is 25.7 Å². The average Bonchev–Trinajstić information content (AvgIpc) is 2.86. The molecule has 1 aromatic heterocycles. The molecule has 2 amide bonds. The van der Waals surface area contributed by atoms with Crippen LogP contribution < -0.4 is 15.4 Å². The van der Waals surface area contributed by atoms with Crippen LogP contribution in [0.15, 0.2) is 42.5 Å². The molecular weight excluding hydrogens is 384 g/mol. The molecule has 0 unspecified atom stereocenters. The van der Waals surface area contributed by atoms with Gasteiger partial charge in [-0.15, -0.1) is 0 Å². The zero-order valence-corrected chi connectivity index (χ0v) is 15.3. The number of carbonyl (C=O) groups is 1. The molecule has 10 heteroatoms. The van der Waals surface area contributed by atoms with Crippen molar-refractivity contribution in [3.05, 3.63) is 47.5 Å². The number of thiazole rings is 1. The highest BCUT2D eigenvalue weighted by Crippen LogP contribution is 2.29. The van der Waals surface area contributed by atoms with E-state index in [-0.39, 0.29) is 5.13 Å². The normalized spacial score (nSPS) is 11.3. The first-order chi connectivity index (χ1) is 11.8. The predicted octanol–water partition coefficient (Wildman–Crippen LogP) is 3.97. The van der Waals surface area contributed by atoms with Gasteiger partial charge in [0.15, 0.2) is 5.13 Å². The van der Waals surface area contributed by atoms with Crippen molar-refractivity contribution in [2.24, 2.45) is 0 Å². The number of rotatable bonds is 4. The first kappa shape index (κ1) is 17.5. The molecule has 25 heavy (non-hydrogen) atoms. The number of carbonyl (C=O) groups excluding carboxylic acids is 1. The SMILES string of the molecule is CS(=O)(=O)Nc1nc2ccc(NC(=O)Nc3cccc(Cl)c3)cc2s1. The van der Waals surface area contributed by atoms with Crippen LogP contribution in [0.3, 0.4) is 0 Å². The van der Waals surface area contributed by atoms with Gasteiger partial charge in [-0.25, -0.2) is 18.2 Å². The first-order valence-corrected chi connectivity index (χ1v) is 10.1. The van der Waals surface area contributed by atoms with Crippen LogP contribution in [0.1, 0.15) is 0 Å². The van der Waals surface area contributed by atoms with E-state index in [2.05, 4.69) is 20.3 Å². The summed E-state index contributed by atoms with van der Waals surface area (Å²) in [5, 5.41) is 6.18. The molecule has 0 aliphatic carbocycles. The third-order valence-electron chi connectivity index (χ3n) is 3.00. The van der Waals surface area contributed by atoms with Gasteiger partial charge in [-0.2, -0.15) is 0 Å². The van der Waals surface area contributed by atoms with E-state index in [0.29, 0.717) is 21.9 Å². The Hall–Kier alpha value is -2.36. The van der Waals surface area contributed by atoms with Gasteiger partial charge in [0.25, 0.3) is 0 Å². The van der Waals surface area contributed by atoms with Gasteiger partial charge < -0.3 is 10.6 Å². The van der Waals surface area contributed by atoms with Crippen molar-refractivity contribution in [2.45, 2.75) is 0 Å². The number of hydrogen-bond acceptors (Lipinski definition) is 5. The molecule has 2 aromatic carbocycles. The van der Waals surface area contributed by atoms with Gasteiger partial charge in [0.1, 0.15) is 0 Å². The second-order valence-corrected chi connectivity index (χ2v) is 8.38. The number of benzene rings is 2. The molecule has 3 rings (SSSR count). The highest BCUT2D eigenvalue weighted by atomic mass is 35.5. The highest BCUT2D eigenvalue weighted by Gasteiger charge is 2.10. The Balaban J connectivity index is 1.74. The number of sulfonamides is 1. The Morgan fingerprint density at radius 3 is 2.52 bits per heavy atom. The van der Waals surface area contributed by atoms with Crippen molar-refractivity contribution in [2.75, 3.05) is 21.6 Å². The van der Waals surface area contributed by atoms with Crippen molar-refractivity contribution >= 4 is 65.7 Å². The van der Waals surface area contributed by atoms with E-state index < -0.39 is 16.1 Å². The Morgan fingerprint density at radius 1 is 1.12 bits per heavy atom. The van der Waals surface area contributed by atoms with Crippen LogP contribution in [-0.2, 0) is 10.0 Å². The molecule has 130 valence electrons. The van der Waals surface area contributed by atoms with Gasteiger partial charge in [0.2, 0.25) is 10.0 Å². The fraction of sp³-hybridized carbons (Fsp3) is 0.0667. The molecule has 0 atom stereocenters. The summed E-state index contributed by atoms with van der Waals surface area (Å²) in [6.45, 7) is 0. The lowest BCUT2D eigenvalue weighted by Gasteiger charge is -2.07. The zero-order valence-electron chi connectivity index (χ0n) is 12.9. The molecular formula is C15H13ClN4O3S2. The number of nitrogens with one attached hydrogen (secondary N) is 3. The molecule has 0 bridgehead atoms. The van der Waals surface area contributed by atoms with Gasteiger partial charge in [0.05, 0.1) is 16.5 Å². The van der Waals surface area contributed by atoms with Gasteiger partial charge >= 0.3 is 6.03 Å². The minimum atomic E-state index is -3.38. The Morgan fingerprint density at radius 2 is 1.84 bits per heavy atom. The summed E-state index contributed by atoms with van der Waals surface area (Å²) in [5.41, 5.74) is 1.77. The summed E-state index contributed by atoms with van der Waals surface area (Å²) >= 11 is 7.06. The first-order valence-electron chi connectivity index (χ1n) is 7.00. The van der Waals surface area contributed by atoms with E-state index in [1.165, 1.54) is 11.3 Å². The van der Waals surface area contributed by atoms with E-state index in [1.807, 2.05) is 0 Å². The predicted molar refractivity (Wildman–Crippen MR) is 102 cm³/mol. The molecule has 1 heterocycles. The van der Waals surface area contributed by atoms with Crippen LogP contribution in [0, 0.1) is 0 Å². The smallest absolute Gasteiger partial charge is 0.308 e. The van der Waals surface area contributed by atoms with Crippen LogP contribution in [0.25, 0.3) is 10.2 Å². The van der Waals surface area contributed by atoms with Crippen molar-refractivity contribution in [3.8, 4) is 0 Å². The number of anilines is 3. The van der Waals surface area contributed by atoms with Gasteiger partial charge in [-0.1, -0.05) is 29.0 Å². The lowest BCUT2D eigenvalue weighted by molar-refractivity contribution is 0.262. The second-order valence-electron chi connectivity index (χ2n) is 5.17. The minimum absolute atomic E-state index is 0.276. The fourth-order valence-corrected chi connectivity index (χ4v) is 3.99. The van der Waals surface area contributed by atoms with E-state index in [4.69, 9.17) is 11.6 Å². The number of hydrogen-bond donors (Lipinski definition) is 3. The molecule has 0 fully saturated rings. The number of nitrogens with zero attached hydrogens (tertiary/aromatic N) is 1. The summed E-state index contributed by atoms with van der Waals surface area (Å²) in [5.74, 6) is 0. The summed E-state index contributed by atoms with van der Waals surface area (Å²) in [4.78, 5) is 16.2. The highest BCUT2D eigenvalue weighted by molar-refractivity contribution is 7.92. The molecule has 0 saturated carbocycles. The number of aromatic nitrogens is 1. The monoisotopic (exact) mass is 396 g/mol. The quantitative estimate of drug-likeness (QED) is 0.621. The Labute approximate surface area is 153 Å². The number of halogens is 1. The number of amides is 2. The molecule has 0 radical (unpaired) electrons. The number of fused-ring (bicyclic) bond motifs is 1. The molecule has 3 aromatic rings. The topological polar surface area (TPSA) is 100 Å².